The van der Waals surface area contributed by atoms with E-state index >= 15 is 0 Å². The number of carbonyl (C=O) groups excluding carboxylic acids is 1. The van der Waals surface area contributed by atoms with Gasteiger partial charge in [-0.1, -0.05) is 0 Å². The molecule has 3 aromatic rings. The summed E-state index contributed by atoms with van der Waals surface area (Å²) in [5.41, 5.74) is -0.0746. The predicted molar refractivity (Wildman–Crippen MR) is 123 cm³/mol. The Morgan fingerprint density at radius 3 is 2.43 bits per heavy atom. The van der Waals surface area contributed by atoms with Crippen molar-refractivity contribution in [3.8, 4) is 17.0 Å². The van der Waals surface area contributed by atoms with Crippen LogP contribution in [-0.4, -0.2) is 70.0 Å². The van der Waals surface area contributed by atoms with Gasteiger partial charge < -0.3 is 4.74 Å². The first-order valence-corrected chi connectivity index (χ1v) is 12.4. The fourth-order valence-corrected chi connectivity index (χ4v) is 4.31. The Kier molecular flexibility index (Phi) is 7.60. The number of nitrogens with zero attached hydrogens (tertiary/aromatic N) is 4. The van der Waals surface area contributed by atoms with E-state index in [0.29, 0.717) is 11.4 Å². The van der Waals surface area contributed by atoms with E-state index in [9.17, 15) is 40.8 Å². The Morgan fingerprint density at radius 1 is 1.22 bits per heavy atom. The molecule has 0 unspecified atom stereocenters. The van der Waals surface area contributed by atoms with Gasteiger partial charge in [-0.15, -0.1) is 0 Å². The Morgan fingerprint density at radius 2 is 1.89 bits per heavy atom. The monoisotopic (exact) mass is 546 g/mol. The second-order valence-corrected chi connectivity index (χ2v) is 11.0. The molecule has 1 aromatic carbocycles. The maximum absolute atomic E-state index is 14.9. The van der Waals surface area contributed by atoms with Crippen LogP contribution < -0.4 is 10.3 Å². The van der Waals surface area contributed by atoms with E-state index in [1.165, 1.54) is 25.4 Å². The quantitative estimate of drug-likeness (QED) is 0.259. The number of carbonyl (C=O) groups is 1. The lowest BCUT2D eigenvalue weighted by atomic mass is 10.0. The number of halogens is 4. The van der Waals surface area contributed by atoms with Crippen molar-refractivity contribution in [1.82, 2.24) is 19.6 Å². The second-order valence-electron chi connectivity index (χ2n) is 8.51. The Hall–Kier alpha value is -3.59. The summed E-state index contributed by atoms with van der Waals surface area (Å²) in [6, 6.07) is 5.40. The number of sulfone groups is 1. The van der Waals surface area contributed by atoms with Crippen LogP contribution in [0.15, 0.2) is 41.6 Å². The minimum atomic E-state index is -5.42. The Labute approximate surface area is 208 Å². The largest absolute Gasteiger partial charge is 0.481 e. The van der Waals surface area contributed by atoms with Crippen molar-refractivity contribution in [3.05, 3.63) is 53.0 Å². The van der Waals surface area contributed by atoms with Crippen molar-refractivity contribution >= 4 is 26.6 Å². The van der Waals surface area contributed by atoms with Crippen LogP contribution in [0, 0.1) is 5.82 Å². The molecule has 200 valence electrons. The molecule has 10 nitrogen and oxygen atoms in total. The highest BCUT2D eigenvalue weighted by atomic mass is 32.2. The summed E-state index contributed by atoms with van der Waals surface area (Å²) < 4.78 is 81.3. The van der Waals surface area contributed by atoms with Gasteiger partial charge in [-0.25, -0.2) is 27.8 Å². The van der Waals surface area contributed by atoms with E-state index < -0.39 is 56.1 Å². The van der Waals surface area contributed by atoms with Crippen molar-refractivity contribution in [2.45, 2.75) is 30.8 Å². The topological polar surface area (TPSA) is 132 Å². The maximum Gasteiger partial charge on any atom is 0.473 e. The minimum absolute atomic E-state index is 0.120. The third-order valence-electron chi connectivity index (χ3n) is 5.91. The summed E-state index contributed by atoms with van der Waals surface area (Å²) in [4.78, 5) is 32.4. The van der Waals surface area contributed by atoms with Crippen LogP contribution in [0.4, 0.5) is 17.6 Å². The number of hydroxylamine groups is 2. The fraction of sp³-hybridized carbons (Fsp3) is 0.364. The lowest BCUT2D eigenvalue weighted by Crippen LogP contribution is -2.51. The highest BCUT2D eigenvalue weighted by molar-refractivity contribution is 7.92. The zero-order valence-electron chi connectivity index (χ0n) is 19.8. The Bertz CT molecular complexity index is 1490. The van der Waals surface area contributed by atoms with Gasteiger partial charge in [0.25, 0.3) is 5.56 Å². The molecule has 0 saturated carbocycles. The van der Waals surface area contributed by atoms with E-state index in [2.05, 4.69) is 9.97 Å². The second kappa shape index (κ2) is 10.0. The predicted octanol–water partition coefficient (Wildman–Crippen LogP) is 2.58. The van der Waals surface area contributed by atoms with Crippen molar-refractivity contribution < 1.29 is 40.7 Å². The average molecular weight is 546 g/mol. The number of alkyl halides is 3. The number of aryl methyl sites for hydroxylation is 1. The van der Waals surface area contributed by atoms with E-state index in [4.69, 9.17) is 4.74 Å². The van der Waals surface area contributed by atoms with Gasteiger partial charge in [-0.05, 0) is 31.5 Å². The first kappa shape index (κ1) is 28.0. The number of ether oxygens (including phenoxy) is 1. The molecule has 2 aromatic heterocycles. The molecule has 3 rings (SSSR count). The molecule has 2 heterocycles. The number of hydrogen-bond acceptors (Lipinski definition) is 8. The lowest BCUT2D eigenvalue weighted by Gasteiger charge is -2.31. The summed E-state index contributed by atoms with van der Waals surface area (Å²) in [5.74, 6) is -3.07. The van der Waals surface area contributed by atoms with Crippen LogP contribution in [-0.2, 0) is 21.2 Å². The number of rotatable bonds is 8. The number of fused-ring (bicyclic) bond motifs is 1. The summed E-state index contributed by atoms with van der Waals surface area (Å²) in [6.07, 6.45) is -2.70. The van der Waals surface area contributed by atoms with E-state index in [1.807, 2.05) is 0 Å². The molecular weight excluding hydrogens is 524 g/mol. The van der Waals surface area contributed by atoms with Crippen LogP contribution in [0.1, 0.15) is 13.3 Å². The zero-order valence-corrected chi connectivity index (χ0v) is 20.6. The molecule has 0 spiro atoms. The van der Waals surface area contributed by atoms with Gasteiger partial charge >= 0.3 is 12.1 Å². The molecule has 1 N–H and O–H groups in total. The summed E-state index contributed by atoms with van der Waals surface area (Å²) in [6.45, 7) is -0.539. The molecule has 0 bridgehead atoms. The minimum Gasteiger partial charge on any atom is -0.481 e. The van der Waals surface area contributed by atoms with E-state index in [1.54, 1.807) is 6.07 Å². The molecule has 0 aliphatic rings. The van der Waals surface area contributed by atoms with Crippen LogP contribution in [0.25, 0.3) is 22.0 Å². The van der Waals surface area contributed by atoms with Crippen molar-refractivity contribution in [2.75, 3.05) is 19.9 Å². The molecule has 0 aliphatic heterocycles. The number of benzene rings is 1. The van der Waals surface area contributed by atoms with Gasteiger partial charge in [-0.2, -0.15) is 13.2 Å². The van der Waals surface area contributed by atoms with Crippen LogP contribution >= 0.6 is 0 Å². The van der Waals surface area contributed by atoms with Crippen LogP contribution in [0.2, 0.25) is 0 Å². The smallest absolute Gasteiger partial charge is 0.473 e. The van der Waals surface area contributed by atoms with Crippen LogP contribution in [0.5, 0.6) is 5.88 Å². The highest BCUT2D eigenvalue weighted by Crippen LogP contribution is 2.28. The number of hydrogen-bond donors (Lipinski definition) is 1. The van der Waals surface area contributed by atoms with Gasteiger partial charge in [0.15, 0.2) is 9.84 Å². The maximum atomic E-state index is 14.9. The van der Waals surface area contributed by atoms with Crippen molar-refractivity contribution in [1.29, 1.82) is 0 Å². The Balaban J connectivity index is 1.91. The average Bonchev–Trinajstić information content (AvgIpc) is 2.82. The number of methoxy groups -OCH3 is 1. The van der Waals surface area contributed by atoms with Crippen molar-refractivity contribution in [3.63, 3.8) is 0 Å². The molecule has 0 radical (unpaired) electrons. The third-order valence-corrected chi connectivity index (χ3v) is 8.03. The SMILES string of the molecule is COc1ccc(-c2cc3ncn(CC[C@](C)(CN(O)C(=O)C(F)(F)F)S(C)(=O)=O)c(=O)c3cc2F)cn1. The van der Waals surface area contributed by atoms with Gasteiger partial charge in [-0.3, -0.25) is 19.4 Å². The number of aromatic nitrogens is 3. The summed E-state index contributed by atoms with van der Waals surface area (Å²) >= 11 is 0. The molecule has 37 heavy (non-hydrogen) atoms. The number of amides is 1. The molecule has 0 saturated heterocycles. The van der Waals surface area contributed by atoms with Gasteiger partial charge in [0.05, 0.1) is 35.6 Å². The zero-order chi connectivity index (χ0) is 27.8. The van der Waals surface area contributed by atoms with Gasteiger partial charge in [0, 0.05) is 36.2 Å². The van der Waals surface area contributed by atoms with E-state index in [-0.39, 0.29) is 23.0 Å². The highest BCUT2D eigenvalue weighted by Gasteiger charge is 2.46. The third kappa shape index (κ3) is 5.88. The van der Waals surface area contributed by atoms with Crippen LogP contribution in [0.3, 0.4) is 0 Å². The molecule has 0 fully saturated rings. The standard InChI is InChI=1S/C22H22F4N4O6S/c1-21(37(3,34)35,11-30(33)20(32)22(24,25)26)6-7-29-12-28-17-9-14(16(23)8-15(17)19(29)31)13-4-5-18(36-2)27-10-13/h4-5,8-10,12,33H,6-7,11H2,1-3H3/t21-/m1/s1. The molecule has 1 amide bonds. The van der Waals surface area contributed by atoms with Crippen molar-refractivity contribution in [2.24, 2.45) is 0 Å². The summed E-state index contributed by atoms with van der Waals surface area (Å²) in [7, 11) is -2.72. The fourth-order valence-electron chi connectivity index (χ4n) is 3.49. The van der Waals surface area contributed by atoms with Gasteiger partial charge in [0.2, 0.25) is 5.88 Å². The van der Waals surface area contributed by atoms with Gasteiger partial charge in [0.1, 0.15) is 5.82 Å². The molecular formula is C22H22F4N4O6S. The normalized spacial score (nSPS) is 13.8. The summed E-state index contributed by atoms with van der Waals surface area (Å²) in [5, 5.41) is 8.75. The first-order chi connectivity index (χ1) is 17.1. The molecule has 15 heteroatoms. The number of pyridine rings is 1. The molecule has 1 atom stereocenters. The lowest BCUT2D eigenvalue weighted by molar-refractivity contribution is -0.216. The molecule has 0 aliphatic carbocycles. The van der Waals surface area contributed by atoms with E-state index in [0.717, 1.165) is 30.1 Å². The first-order valence-electron chi connectivity index (χ1n) is 10.5.